The Morgan fingerprint density at radius 1 is 1.00 bits per heavy atom. The Bertz CT molecular complexity index is 324. The van der Waals surface area contributed by atoms with Crippen LogP contribution in [0.5, 0.6) is 0 Å². The standard InChI is InChI=1S/C9H20O6P2/c1-9(17(11,14-4)15-5)7-6-8-16(10,12-2)13-3/h6-7,9H,8H2,1-5H3/b7-6+. The van der Waals surface area contributed by atoms with Crippen LogP contribution in [0.25, 0.3) is 0 Å². The van der Waals surface area contributed by atoms with Crippen molar-refractivity contribution in [2.24, 2.45) is 0 Å². The highest BCUT2D eigenvalue weighted by atomic mass is 31.2. The molecule has 0 aromatic rings. The molecule has 6 nitrogen and oxygen atoms in total. The Kier molecular flexibility index (Phi) is 7.49. The van der Waals surface area contributed by atoms with E-state index >= 15 is 0 Å². The number of hydrogen-bond acceptors (Lipinski definition) is 6. The molecule has 0 aliphatic heterocycles. The van der Waals surface area contributed by atoms with Crippen LogP contribution >= 0.6 is 15.2 Å². The first-order chi connectivity index (χ1) is 7.87. The Morgan fingerprint density at radius 3 is 1.82 bits per heavy atom. The maximum absolute atomic E-state index is 11.9. The van der Waals surface area contributed by atoms with Crippen molar-refractivity contribution in [3.8, 4) is 0 Å². The van der Waals surface area contributed by atoms with Crippen LogP contribution in [0.4, 0.5) is 0 Å². The van der Waals surface area contributed by atoms with Gasteiger partial charge in [-0.3, -0.25) is 9.13 Å². The monoisotopic (exact) mass is 286 g/mol. The normalized spacial score (nSPS) is 15.4. The first-order valence-electron chi connectivity index (χ1n) is 4.96. The van der Waals surface area contributed by atoms with Crippen molar-refractivity contribution >= 4 is 15.2 Å². The maximum atomic E-state index is 11.9. The van der Waals surface area contributed by atoms with Crippen molar-refractivity contribution in [2.45, 2.75) is 12.6 Å². The quantitative estimate of drug-likeness (QED) is 0.504. The molecule has 0 aliphatic rings. The molecule has 0 aromatic heterocycles. The van der Waals surface area contributed by atoms with Crippen LogP contribution in [0.2, 0.25) is 0 Å². The van der Waals surface area contributed by atoms with E-state index in [4.69, 9.17) is 18.1 Å². The molecule has 0 saturated carbocycles. The summed E-state index contributed by atoms with van der Waals surface area (Å²) in [4.78, 5) is 0. The average Bonchev–Trinajstić information content (AvgIpc) is 2.37. The van der Waals surface area contributed by atoms with Crippen molar-refractivity contribution in [1.82, 2.24) is 0 Å². The number of rotatable bonds is 8. The van der Waals surface area contributed by atoms with Crippen molar-refractivity contribution in [3.05, 3.63) is 12.2 Å². The highest BCUT2D eigenvalue weighted by Gasteiger charge is 2.28. The van der Waals surface area contributed by atoms with E-state index in [2.05, 4.69) is 0 Å². The Morgan fingerprint density at radius 2 is 1.47 bits per heavy atom. The minimum atomic E-state index is -3.13. The molecule has 0 aromatic carbocycles. The second kappa shape index (κ2) is 7.47. The van der Waals surface area contributed by atoms with Crippen LogP contribution in [-0.2, 0) is 27.2 Å². The molecule has 0 bridgehead atoms. The second-order valence-electron chi connectivity index (χ2n) is 3.23. The molecular formula is C9H20O6P2. The summed E-state index contributed by atoms with van der Waals surface area (Å²) in [5.74, 6) is 0. The van der Waals surface area contributed by atoms with E-state index in [0.717, 1.165) is 0 Å². The van der Waals surface area contributed by atoms with E-state index in [9.17, 15) is 9.13 Å². The van der Waals surface area contributed by atoms with Gasteiger partial charge in [-0.1, -0.05) is 12.2 Å². The number of hydrogen-bond donors (Lipinski definition) is 0. The predicted molar refractivity (Wildman–Crippen MR) is 66.7 cm³/mol. The van der Waals surface area contributed by atoms with Crippen LogP contribution < -0.4 is 0 Å². The highest BCUT2D eigenvalue weighted by molar-refractivity contribution is 7.55. The van der Waals surface area contributed by atoms with Gasteiger partial charge in [0.2, 0.25) is 0 Å². The van der Waals surface area contributed by atoms with Gasteiger partial charge in [-0.2, -0.15) is 0 Å². The lowest BCUT2D eigenvalue weighted by molar-refractivity contribution is 0.271. The lowest BCUT2D eigenvalue weighted by atomic mass is 10.4. The Labute approximate surface area is 102 Å². The molecule has 0 amide bonds. The third-order valence-electron chi connectivity index (χ3n) is 2.31. The summed E-state index contributed by atoms with van der Waals surface area (Å²) in [6, 6.07) is 0. The second-order valence-corrected chi connectivity index (χ2v) is 8.17. The lowest BCUT2D eigenvalue weighted by Crippen LogP contribution is -2.04. The number of allylic oxidation sites excluding steroid dienone is 2. The summed E-state index contributed by atoms with van der Waals surface area (Å²) < 4.78 is 42.8. The smallest absolute Gasteiger partial charge is 0.312 e. The van der Waals surface area contributed by atoms with E-state index in [1.165, 1.54) is 28.4 Å². The first-order valence-corrected chi connectivity index (χ1v) is 8.29. The molecule has 0 saturated heterocycles. The zero-order chi connectivity index (χ0) is 13.5. The van der Waals surface area contributed by atoms with Gasteiger partial charge in [0.25, 0.3) is 0 Å². The highest BCUT2D eigenvalue weighted by Crippen LogP contribution is 2.52. The molecule has 0 heterocycles. The fourth-order valence-corrected chi connectivity index (χ4v) is 3.10. The molecule has 17 heavy (non-hydrogen) atoms. The molecule has 1 atom stereocenters. The first kappa shape index (κ1) is 17.0. The Hall–Kier alpha value is 0.0400. The van der Waals surface area contributed by atoms with Crippen LogP contribution in [-0.4, -0.2) is 40.3 Å². The summed E-state index contributed by atoms with van der Waals surface area (Å²) in [6.07, 6.45) is 3.30. The van der Waals surface area contributed by atoms with Gasteiger partial charge in [0.1, 0.15) is 0 Å². The summed E-state index contributed by atoms with van der Waals surface area (Å²) in [7, 11) is -0.915. The molecule has 0 N–H and O–H groups in total. The maximum Gasteiger partial charge on any atom is 0.336 e. The van der Waals surface area contributed by atoms with E-state index in [-0.39, 0.29) is 6.16 Å². The summed E-state index contributed by atoms with van der Waals surface area (Å²) in [6.45, 7) is 1.69. The van der Waals surface area contributed by atoms with Gasteiger partial charge < -0.3 is 18.1 Å². The molecule has 0 aliphatic carbocycles. The van der Waals surface area contributed by atoms with Gasteiger partial charge in [-0.05, 0) is 6.92 Å². The third-order valence-corrected chi connectivity index (χ3v) is 6.27. The minimum Gasteiger partial charge on any atom is -0.312 e. The van der Waals surface area contributed by atoms with Gasteiger partial charge in [0, 0.05) is 28.4 Å². The lowest BCUT2D eigenvalue weighted by Gasteiger charge is -2.18. The molecule has 0 spiro atoms. The third kappa shape index (κ3) is 5.04. The fraction of sp³-hybridized carbons (Fsp3) is 0.778. The molecule has 102 valence electrons. The minimum absolute atomic E-state index is 0.109. The van der Waals surface area contributed by atoms with Gasteiger partial charge in [0.05, 0.1) is 11.8 Å². The van der Waals surface area contributed by atoms with Gasteiger partial charge in [0.15, 0.2) is 0 Å². The van der Waals surface area contributed by atoms with E-state index in [1.54, 1.807) is 19.1 Å². The zero-order valence-corrected chi connectivity index (χ0v) is 12.6. The van der Waals surface area contributed by atoms with Crippen molar-refractivity contribution in [1.29, 1.82) is 0 Å². The van der Waals surface area contributed by atoms with E-state index < -0.39 is 20.9 Å². The van der Waals surface area contributed by atoms with E-state index in [1.807, 2.05) is 0 Å². The van der Waals surface area contributed by atoms with Crippen LogP contribution in [0.1, 0.15) is 6.92 Å². The predicted octanol–water partition coefficient (Wildman–Crippen LogP) is 2.90. The van der Waals surface area contributed by atoms with Crippen LogP contribution in [0, 0.1) is 0 Å². The SMILES string of the molecule is COP(=O)(C/C=C/C(C)P(=O)(OC)OC)OC. The molecule has 0 fully saturated rings. The molecule has 8 heteroatoms. The topological polar surface area (TPSA) is 71.1 Å². The van der Waals surface area contributed by atoms with Crippen molar-refractivity contribution in [3.63, 3.8) is 0 Å². The van der Waals surface area contributed by atoms with Crippen molar-refractivity contribution < 1.29 is 27.2 Å². The van der Waals surface area contributed by atoms with Crippen LogP contribution in [0.15, 0.2) is 12.2 Å². The summed E-state index contributed by atoms with van der Waals surface area (Å²) in [5, 5.41) is 0. The molecule has 0 rings (SSSR count). The van der Waals surface area contributed by atoms with Gasteiger partial charge in [-0.15, -0.1) is 0 Å². The Balaban J connectivity index is 4.55. The summed E-state index contributed by atoms with van der Waals surface area (Å²) >= 11 is 0. The van der Waals surface area contributed by atoms with Crippen molar-refractivity contribution in [2.75, 3.05) is 34.6 Å². The summed E-state index contributed by atoms with van der Waals surface area (Å²) in [5.41, 5.74) is -0.431. The molecular weight excluding hydrogens is 266 g/mol. The van der Waals surface area contributed by atoms with Crippen LogP contribution in [0.3, 0.4) is 0 Å². The van der Waals surface area contributed by atoms with E-state index in [0.29, 0.717) is 0 Å². The fourth-order valence-electron chi connectivity index (χ4n) is 1.12. The van der Waals surface area contributed by atoms with Gasteiger partial charge in [-0.25, -0.2) is 0 Å². The molecule has 1 unspecified atom stereocenters. The largest absolute Gasteiger partial charge is 0.336 e. The average molecular weight is 286 g/mol. The zero-order valence-electron chi connectivity index (χ0n) is 10.8. The van der Waals surface area contributed by atoms with Gasteiger partial charge >= 0.3 is 15.2 Å². The molecule has 0 radical (unpaired) electrons.